The van der Waals surface area contributed by atoms with Crippen LogP contribution in [0.5, 0.6) is 0 Å². The molecular formula is C91H140N24O17S5. The summed E-state index contributed by atoms with van der Waals surface area (Å²) in [5.74, 6) is 0.508. The van der Waals surface area contributed by atoms with E-state index in [2.05, 4.69) is 107 Å². The number of hydrogen-bond donors (Lipinski definition) is 9. The Morgan fingerprint density at radius 2 is 0.701 bits per heavy atom. The highest BCUT2D eigenvalue weighted by molar-refractivity contribution is 7.99. The SMILES string of the molecule is C=CN(/C=C/C)C(=O)NCS(=O)(=O)CN(C=C)C(=O)N/C=C/C.C=CN(/C=C/C)C(=O)NCS(=O)CN(C=C)C(=O)N/C=C/C.C=CN(/C=C/C)C(=O)NCSCN(C=C)C(=O)N/C=C/C.C=CN(CCCCCn1ccn(/C=C/C)c1=O)C(=O)N/C=C/C.C=CN(CCS(=O)(=O)CCn1ccn(/C=C/C)c1=O)C(=O)N/C=C/C.C=CN(CCSCCn1ccn(/C=C/C)c1=O)C(=O)N/C=C/C. The van der Waals surface area contributed by atoms with E-state index in [1.54, 1.807) is 225 Å². The molecule has 3 aromatic heterocycles. The number of sulfone groups is 2. The fraction of sp³-hybridized carbons (Fsp3) is 0.341. The second-order valence-electron chi connectivity index (χ2n) is 26.5. The second kappa shape index (κ2) is 78.1. The van der Waals surface area contributed by atoms with Gasteiger partial charge in [-0.1, -0.05) is 132 Å². The normalized spacial score (nSPS) is 11.3. The first kappa shape index (κ1) is 127. The molecule has 3 rings (SSSR count). The molecule has 0 aliphatic carbocycles. The molecule has 0 spiro atoms. The molecule has 18 amide bonds. The smallest absolute Gasteiger partial charge is 0.328 e. The summed E-state index contributed by atoms with van der Waals surface area (Å²) in [5, 5.41) is 22.6. The van der Waals surface area contributed by atoms with Crippen LogP contribution in [-0.2, 0) is 50.1 Å². The van der Waals surface area contributed by atoms with Gasteiger partial charge in [-0.05, 0) is 102 Å². The van der Waals surface area contributed by atoms with Gasteiger partial charge in [0.15, 0.2) is 19.7 Å². The molecule has 1 unspecified atom stereocenters. The van der Waals surface area contributed by atoms with Gasteiger partial charge in [0.1, 0.15) is 17.6 Å². The molecule has 0 aliphatic heterocycles. The number of allylic oxidation sites excluding steroid dienone is 12. The zero-order valence-corrected chi connectivity index (χ0v) is 84.6. The lowest BCUT2D eigenvalue weighted by Crippen LogP contribution is -2.42. The monoisotopic (exact) mass is 2000 g/mol. The Balaban J connectivity index is -0.00000157. The van der Waals surface area contributed by atoms with Crippen LogP contribution < -0.4 is 64.9 Å². The van der Waals surface area contributed by atoms with Crippen LogP contribution in [0.25, 0.3) is 18.6 Å². The van der Waals surface area contributed by atoms with Crippen molar-refractivity contribution in [3.8, 4) is 0 Å². The first-order chi connectivity index (χ1) is 65.5. The molecule has 0 radical (unpaired) electrons. The van der Waals surface area contributed by atoms with Crippen molar-refractivity contribution in [3.05, 3.63) is 312 Å². The number of thioether (sulfide) groups is 2. The topological polar surface area (TPSA) is 457 Å². The number of aryl methyl sites for hydroxylation is 3. The largest absolute Gasteiger partial charge is 0.332 e. The van der Waals surface area contributed by atoms with Gasteiger partial charge in [-0.2, -0.15) is 11.8 Å². The van der Waals surface area contributed by atoms with Crippen molar-refractivity contribution in [3.63, 3.8) is 0 Å². The van der Waals surface area contributed by atoms with Gasteiger partial charge in [0.05, 0.1) is 39.9 Å². The van der Waals surface area contributed by atoms with Crippen LogP contribution in [0.15, 0.2) is 295 Å². The maximum absolute atomic E-state index is 12.2. The van der Waals surface area contributed by atoms with E-state index in [1.807, 2.05) is 46.8 Å². The van der Waals surface area contributed by atoms with Crippen LogP contribution >= 0.6 is 23.5 Å². The molecule has 0 saturated heterocycles. The van der Waals surface area contributed by atoms with Gasteiger partial charge in [-0.3, -0.25) is 61.0 Å². The number of rotatable bonds is 51. The molecule has 0 aliphatic rings. The maximum atomic E-state index is 12.2. The van der Waals surface area contributed by atoms with Crippen LogP contribution in [0, 0.1) is 0 Å². The molecule has 0 saturated carbocycles. The first-order valence-electron chi connectivity index (χ1n) is 42.4. The molecule has 137 heavy (non-hydrogen) atoms. The minimum atomic E-state index is -3.76. The Hall–Kier alpha value is -14.3. The molecule has 41 nitrogen and oxygen atoms in total. The van der Waals surface area contributed by atoms with E-state index in [9.17, 15) is 78.6 Å². The van der Waals surface area contributed by atoms with Crippen LogP contribution in [0.1, 0.15) is 102 Å². The van der Waals surface area contributed by atoms with E-state index in [0.29, 0.717) is 37.9 Å². The van der Waals surface area contributed by atoms with E-state index in [4.69, 9.17) is 0 Å². The predicted octanol–water partition coefficient (Wildman–Crippen LogP) is 13.5. The number of carbonyl (C=O) groups is 9. The van der Waals surface area contributed by atoms with Crippen molar-refractivity contribution in [2.75, 3.05) is 77.9 Å². The van der Waals surface area contributed by atoms with Gasteiger partial charge in [0.2, 0.25) is 0 Å². The fourth-order valence-electron chi connectivity index (χ4n) is 9.62. The maximum Gasteiger partial charge on any atom is 0.332 e. The quantitative estimate of drug-likeness (QED) is 0.0187. The zero-order chi connectivity index (χ0) is 104. The van der Waals surface area contributed by atoms with Crippen molar-refractivity contribution < 1.29 is 64.2 Å². The van der Waals surface area contributed by atoms with Gasteiger partial charge >= 0.3 is 71.3 Å². The molecule has 0 bridgehead atoms. The lowest BCUT2D eigenvalue weighted by molar-refractivity contribution is 0.217. The van der Waals surface area contributed by atoms with Crippen LogP contribution in [0.3, 0.4) is 0 Å². The van der Waals surface area contributed by atoms with Crippen molar-refractivity contribution in [1.82, 2.24) is 119 Å². The van der Waals surface area contributed by atoms with Crippen LogP contribution in [0.2, 0.25) is 0 Å². The third kappa shape index (κ3) is 56.5. The molecule has 0 fully saturated rings. The highest BCUT2D eigenvalue weighted by atomic mass is 32.2. The van der Waals surface area contributed by atoms with E-state index in [0.717, 1.165) is 46.8 Å². The van der Waals surface area contributed by atoms with Crippen LogP contribution in [0.4, 0.5) is 43.2 Å². The summed E-state index contributed by atoms with van der Waals surface area (Å²) >= 11 is 3.06. The Labute approximate surface area is 817 Å². The molecule has 46 heteroatoms. The lowest BCUT2D eigenvalue weighted by Gasteiger charge is -2.18. The van der Waals surface area contributed by atoms with Crippen LogP contribution in [-0.4, -0.2) is 225 Å². The number of amides is 18. The van der Waals surface area contributed by atoms with Crippen molar-refractivity contribution in [1.29, 1.82) is 0 Å². The number of hydrogen-bond acceptors (Lipinski definition) is 19. The van der Waals surface area contributed by atoms with Gasteiger partial charge < -0.3 is 62.6 Å². The molecule has 9 N–H and O–H groups in total. The summed E-state index contributed by atoms with van der Waals surface area (Å²) in [6, 6.07) is -3.58. The number of unbranched alkanes of at least 4 members (excludes halogenated alkanes) is 2. The van der Waals surface area contributed by atoms with Gasteiger partial charge in [0.25, 0.3) is 0 Å². The Morgan fingerprint density at radius 3 is 1.08 bits per heavy atom. The standard InChI is InChI=1S/C17H26N4O2.C16H24N4O4S.C16H24N4O2S.C14H22N4O4S.C14H22N4O3S.C14H22N4O2S/c1-4-10-18-16(22)19(6-3)12-8-7-9-13-21-15-14-20(11-5-2)17(21)23;1-4-7-17-15(21)18(6-3)11-13-25(23,24)14-12-20-10-9-19(8-5-2)16(20)22;1-4-7-17-15(21)18(6-3)11-13-23-14-12-20-10-9-19(8-5-2)16(20)22;1-5-9-15-13(19)18(8-4)12-23(21,22)11-16-14(20)17(7-3)10-6-2;1-5-9-15-13(19)18(8-4)12-22(21)11-16-14(20)17(7-3)10-6-2;1-5-9-15-13(19)18(8-4)12-21-11-16-14(20)17(7-3)10-6-2/h4-6,10-11,14-15H,3,7-9,12-13H2,1-2H3,(H,18,22);4-10H,3,11-14H2,1-2H3,(H,17,21);4-10H,3,11-14H2,1-2H3,(H,17,21);5-10H,3-4,11-12H2,1-2H3,(H,15,19)(H,16,20);5-10H,3-4,11-12H2,1-2H3,(H,15,19)(H,16,20);5-10H,3-4,11-12H2,1-2H3,(H,15,19)(H,16,20)/b10-4+,11-5+;2*7-4+,8-5+;3*9-5+,10-6+. The third-order valence-electron chi connectivity index (χ3n) is 16.4. The Kier molecular flexibility index (Phi) is 72.3. The predicted molar refractivity (Wildman–Crippen MR) is 556 cm³/mol. The average Bonchev–Trinajstić information content (AvgIpc) is 1.74. The summed E-state index contributed by atoms with van der Waals surface area (Å²) in [7, 11) is -8.66. The minimum absolute atomic E-state index is 0.0102. The van der Waals surface area contributed by atoms with E-state index in [1.165, 1.54) is 131 Å². The Bertz CT molecular complexity index is 5030. The average molecular weight is 2000 g/mol. The highest BCUT2D eigenvalue weighted by Gasteiger charge is 2.23. The summed E-state index contributed by atoms with van der Waals surface area (Å²) < 4.78 is 69.4. The molecule has 1 atom stereocenters. The van der Waals surface area contributed by atoms with Crippen molar-refractivity contribution in [2.45, 2.75) is 122 Å². The molecule has 3 aromatic rings. The lowest BCUT2D eigenvalue weighted by atomic mass is 10.2. The molecule has 756 valence electrons. The van der Waals surface area contributed by atoms with Crippen molar-refractivity contribution in [2.24, 2.45) is 0 Å². The molecule has 3 heterocycles. The second-order valence-corrected chi connectivity index (χ2v) is 34.4. The zero-order valence-electron chi connectivity index (χ0n) is 80.5. The fourth-order valence-corrected chi connectivity index (χ4v) is 14.4. The molecular weight excluding hydrogens is 1860 g/mol. The number of nitrogens with zero attached hydrogens (tertiary/aromatic N) is 15. The summed E-state index contributed by atoms with van der Waals surface area (Å²) in [5.41, 5.74) is -0.365. The van der Waals surface area contributed by atoms with E-state index >= 15 is 0 Å². The van der Waals surface area contributed by atoms with Gasteiger partial charge in [-0.15, -0.1) is 11.8 Å². The number of carbonyl (C=O) groups excluding carboxylic acids is 9. The van der Waals surface area contributed by atoms with E-state index < -0.39 is 72.4 Å². The first-order valence-corrected chi connectivity index (χ1v) is 49.9. The number of urea groups is 9. The van der Waals surface area contributed by atoms with E-state index in [-0.39, 0.29) is 77.5 Å². The number of nitrogens with one attached hydrogen (secondary N) is 9. The van der Waals surface area contributed by atoms with Gasteiger partial charge in [-0.25, -0.2) is 74.4 Å². The summed E-state index contributed by atoms with van der Waals surface area (Å²) in [6.45, 7) is 55.8. The summed E-state index contributed by atoms with van der Waals surface area (Å²) in [4.78, 5) is 153. The summed E-state index contributed by atoms with van der Waals surface area (Å²) in [6.07, 6.45) is 64.1. The highest BCUT2D eigenvalue weighted by Crippen LogP contribution is 2.09. The van der Waals surface area contributed by atoms with Crippen molar-refractivity contribution >= 4 is 127 Å². The molecule has 0 aromatic carbocycles. The number of aromatic nitrogens is 6. The minimum Gasteiger partial charge on any atom is -0.328 e. The number of imidazole rings is 3. The third-order valence-corrected chi connectivity index (χ3v) is 22.1. The van der Waals surface area contributed by atoms with Gasteiger partial charge in [0, 0.05) is 218 Å². The Morgan fingerprint density at radius 1 is 0.350 bits per heavy atom.